The zero-order chi connectivity index (χ0) is 21.6. The van der Waals surface area contributed by atoms with Gasteiger partial charge in [0.1, 0.15) is 5.52 Å². The van der Waals surface area contributed by atoms with E-state index in [1.165, 1.54) is 0 Å². The molecule has 3 aromatic heterocycles. The van der Waals surface area contributed by atoms with Crippen molar-refractivity contribution < 1.29 is 14.2 Å². The number of morpholine rings is 1. The lowest BCUT2D eigenvalue weighted by Gasteiger charge is -2.28. The third-order valence-electron chi connectivity index (χ3n) is 5.17. The van der Waals surface area contributed by atoms with Crippen LogP contribution in [0.3, 0.4) is 0 Å². The van der Waals surface area contributed by atoms with Crippen LogP contribution in [0.15, 0.2) is 35.4 Å². The lowest BCUT2D eigenvalue weighted by atomic mass is 10.2. The molecule has 0 radical (unpaired) electrons. The summed E-state index contributed by atoms with van der Waals surface area (Å²) in [6.45, 7) is 6.08. The van der Waals surface area contributed by atoms with Crippen LogP contribution >= 0.6 is 0 Å². The summed E-state index contributed by atoms with van der Waals surface area (Å²) in [5.74, 6) is 0.971. The van der Waals surface area contributed by atoms with E-state index >= 15 is 0 Å². The Labute approximate surface area is 180 Å². The van der Waals surface area contributed by atoms with Crippen molar-refractivity contribution in [2.45, 2.75) is 19.9 Å². The SMILES string of the molecule is CCCOCCn1c(=O)c(N2CCOCC2)nc2cnc(-c3ccc(OC)nc3)cc21. The highest BCUT2D eigenvalue weighted by Crippen LogP contribution is 2.23. The quantitative estimate of drug-likeness (QED) is 0.507. The van der Waals surface area contributed by atoms with Gasteiger partial charge in [-0.1, -0.05) is 6.92 Å². The van der Waals surface area contributed by atoms with Crippen molar-refractivity contribution in [3.8, 4) is 17.1 Å². The molecule has 3 aromatic rings. The van der Waals surface area contributed by atoms with E-state index in [-0.39, 0.29) is 5.56 Å². The summed E-state index contributed by atoms with van der Waals surface area (Å²) in [5.41, 5.74) is 2.82. The van der Waals surface area contributed by atoms with Gasteiger partial charge in [-0.3, -0.25) is 9.78 Å². The van der Waals surface area contributed by atoms with Gasteiger partial charge in [-0.15, -0.1) is 0 Å². The van der Waals surface area contributed by atoms with Gasteiger partial charge < -0.3 is 23.7 Å². The predicted octanol–water partition coefficient (Wildman–Crippen LogP) is 2.13. The lowest BCUT2D eigenvalue weighted by molar-refractivity contribution is 0.121. The Bertz CT molecular complexity index is 1080. The molecule has 1 aliphatic heterocycles. The molecule has 164 valence electrons. The van der Waals surface area contributed by atoms with Gasteiger partial charge in [0.15, 0.2) is 5.82 Å². The molecule has 1 fully saturated rings. The van der Waals surface area contributed by atoms with Gasteiger partial charge in [0.05, 0.1) is 44.3 Å². The van der Waals surface area contributed by atoms with Gasteiger partial charge in [-0.05, 0) is 18.6 Å². The van der Waals surface area contributed by atoms with Crippen LogP contribution in [0.1, 0.15) is 13.3 Å². The largest absolute Gasteiger partial charge is 0.481 e. The highest BCUT2D eigenvalue weighted by Gasteiger charge is 2.20. The molecule has 0 saturated carbocycles. The van der Waals surface area contributed by atoms with E-state index in [1.807, 2.05) is 17.0 Å². The number of nitrogens with zero attached hydrogens (tertiary/aromatic N) is 5. The minimum Gasteiger partial charge on any atom is -0.481 e. The zero-order valence-corrected chi connectivity index (χ0v) is 17.9. The highest BCUT2D eigenvalue weighted by molar-refractivity contribution is 5.80. The highest BCUT2D eigenvalue weighted by atomic mass is 16.5. The van der Waals surface area contributed by atoms with Crippen LogP contribution in [-0.2, 0) is 16.0 Å². The average Bonchev–Trinajstić information content (AvgIpc) is 2.83. The molecule has 0 N–H and O–H groups in total. The fourth-order valence-electron chi connectivity index (χ4n) is 3.55. The minimum absolute atomic E-state index is 0.125. The first kappa shape index (κ1) is 21.2. The maximum Gasteiger partial charge on any atom is 0.294 e. The third kappa shape index (κ3) is 4.67. The molecular weight excluding hydrogens is 398 g/mol. The Balaban J connectivity index is 1.77. The molecule has 4 heterocycles. The maximum atomic E-state index is 13.4. The van der Waals surface area contributed by atoms with Gasteiger partial charge in [0.25, 0.3) is 5.56 Å². The molecule has 0 aromatic carbocycles. The molecule has 0 aliphatic carbocycles. The normalized spacial score (nSPS) is 14.2. The summed E-state index contributed by atoms with van der Waals surface area (Å²) >= 11 is 0. The number of anilines is 1. The number of aromatic nitrogens is 4. The van der Waals surface area contributed by atoms with Gasteiger partial charge in [0.2, 0.25) is 5.88 Å². The molecule has 1 aliphatic rings. The number of hydrogen-bond donors (Lipinski definition) is 0. The first-order valence-corrected chi connectivity index (χ1v) is 10.5. The minimum atomic E-state index is -0.125. The van der Waals surface area contributed by atoms with E-state index < -0.39 is 0 Å². The fraction of sp³-hybridized carbons (Fsp3) is 0.455. The molecule has 4 rings (SSSR count). The standard InChI is InChI=1S/C22H27N5O4/c1-3-9-30-12-8-27-19-13-17(16-4-5-20(29-2)24-14-16)23-15-18(19)25-21(22(27)28)26-6-10-31-11-7-26/h4-5,13-15H,3,6-12H2,1-2H3. The van der Waals surface area contributed by atoms with Crippen LogP contribution in [0.5, 0.6) is 5.88 Å². The summed E-state index contributed by atoms with van der Waals surface area (Å²) in [6.07, 6.45) is 4.35. The number of fused-ring (bicyclic) bond motifs is 1. The van der Waals surface area contributed by atoms with Crippen LogP contribution in [0, 0.1) is 0 Å². The van der Waals surface area contributed by atoms with Gasteiger partial charge >= 0.3 is 0 Å². The Morgan fingerprint density at radius 1 is 1.13 bits per heavy atom. The second-order valence-electron chi connectivity index (χ2n) is 7.25. The molecular formula is C22H27N5O4. The monoisotopic (exact) mass is 425 g/mol. The molecule has 9 nitrogen and oxygen atoms in total. The van der Waals surface area contributed by atoms with Gasteiger partial charge in [0, 0.05) is 44.1 Å². The van der Waals surface area contributed by atoms with Crippen molar-refractivity contribution in [1.29, 1.82) is 0 Å². The van der Waals surface area contributed by atoms with Crippen molar-refractivity contribution >= 4 is 16.9 Å². The summed E-state index contributed by atoms with van der Waals surface area (Å²) in [7, 11) is 1.58. The van der Waals surface area contributed by atoms with Gasteiger partial charge in [-0.25, -0.2) is 9.97 Å². The number of ether oxygens (including phenoxy) is 3. The summed E-state index contributed by atoms with van der Waals surface area (Å²) in [4.78, 5) is 28.9. The topological polar surface area (TPSA) is 91.6 Å². The van der Waals surface area contributed by atoms with Crippen LogP contribution in [0.25, 0.3) is 22.3 Å². The third-order valence-corrected chi connectivity index (χ3v) is 5.17. The molecule has 0 amide bonds. The molecule has 1 saturated heterocycles. The van der Waals surface area contributed by atoms with Crippen LogP contribution in [0.4, 0.5) is 5.82 Å². The van der Waals surface area contributed by atoms with E-state index in [4.69, 9.17) is 14.2 Å². The van der Waals surface area contributed by atoms with Crippen molar-refractivity contribution in [1.82, 2.24) is 19.5 Å². The van der Waals surface area contributed by atoms with Crippen LogP contribution < -0.4 is 15.2 Å². The molecule has 0 bridgehead atoms. The van der Waals surface area contributed by atoms with E-state index in [1.54, 1.807) is 30.1 Å². The second kappa shape index (κ2) is 9.84. The summed E-state index contributed by atoms with van der Waals surface area (Å²) in [6, 6.07) is 5.56. The smallest absolute Gasteiger partial charge is 0.294 e. The van der Waals surface area contributed by atoms with E-state index in [0.29, 0.717) is 69.0 Å². The molecule has 0 atom stereocenters. The number of pyridine rings is 2. The number of methoxy groups -OCH3 is 1. The fourth-order valence-corrected chi connectivity index (χ4v) is 3.55. The maximum absolute atomic E-state index is 13.4. The van der Waals surface area contributed by atoms with Crippen LogP contribution in [-0.4, -0.2) is 66.1 Å². The number of rotatable bonds is 8. The molecule has 0 spiro atoms. The van der Waals surface area contributed by atoms with E-state index in [0.717, 1.165) is 17.5 Å². The van der Waals surface area contributed by atoms with Crippen molar-refractivity contribution in [2.24, 2.45) is 0 Å². The Kier molecular flexibility index (Phi) is 6.73. The van der Waals surface area contributed by atoms with Crippen LogP contribution in [0.2, 0.25) is 0 Å². The Morgan fingerprint density at radius 3 is 2.68 bits per heavy atom. The molecule has 0 unspecified atom stereocenters. The predicted molar refractivity (Wildman–Crippen MR) is 118 cm³/mol. The summed E-state index contributed by atoms with van der Waals surface area (Å²) < 4.78 is 18.0. The van der Waals surface area contributed by atoms with Crippen molar-refractivity contribution in [2.75, 3.05) is 51.5 Å². The second-order valence-corrected chi connectivity index (χ2v) is 7.25. The van der Waals surface area contributed by atoms with Crippen molar-refractivity contribution in [3.05, 3.63) is 40.9 Å². The lowest BCUT2D eigenvalue weighted by Crippen LogP contribution is -2.41. The Morgan fingerprint density at radius 2 is 1.97 bits per heavy atom. The number of hydrogen-bond acceptors (Lipinski definition) is 8. The zero-order valence-electron chi connectivity index (χ0n) is 17.9. The van der Waals surface area contributed by atoms with Gasteiger partial charge in [-0.2, -0.15) is 0 Å². The Hall–Kier alpha value is -3.04. The van der Waals surface area contributed by atoms with E-state index in [2.05, 4.69) is 21.9 Å². The average molecular weight is 425 g/mol. The molecule has 31 heavy (non-hydrogen) atoms. The molecule has 9 heteroatoms. The van der Waals surface area contributed by atoms with Crippen molar-refractivity contribution in [3.63, 3.8) is 0 Å². The first-order valence-electron chi connectivity index (χ1n) is 10.5. The van der Waals surface area contributed by atoms with E-state index in [9.17, 15) is 4.79 Å². The summed E-state index contributed by atoms with van der Waals surface area (Å²) in [5, 5.41) is 0. The first-order chi connectivity index (χ1) is 15.2.